The number of quaternary nitrogens is 1. The average Bonchev–Trinajstić information content (AvgIpc) is 2.20. The summed E-state index contributed by atoms with van der Waals surface area (Å²) in [6.45, 7) is 2.17. The van der Waals surface area contributed by atoms with Crippen LogP contribution in [0.2, 0.25) is 0 Å². The van der Waals surface area contributed by atoms with Crippen molar-refractivity contribution in [3.8, 4) is 0 Å². The molecule has 68 valence electrons. The fraction of sp³-hybridized carbons (Fsp3) is 0.273. The first-order valence-electron chi connectivity index (χ1n) is 4.62. The van der Waals surface area contributed by atoms with Gasteiger partial charge in [-0.25, -0.2) is 0 Å². The third-order valence-electron chi connectivity index (χ3n) is 2.44. The molecule has 13 heavy (non-hydrogen) atoms. The zero-order valence-electron chi connectivity index (χ0n) is 7.66. The molecule has 1 aliphatic heterocycles. The van der Waals surface area contributed by atoms with Crippen molar-refractivity contribution in [2.24, 2.45) is 0 Å². The van der Waals surface area contributed by atoms with Gasteiger partial charge >= 0.3 is 0 Å². The van der Waals surface area contributed by atoms with Gasteiger partial charge in [0.15, 0.2) is 0 Å². The van der Waals surface area contributed by atoms with Crippen LogP contribution in [-0.2, 0) is 0 Å². The van der Waals surface area contributed by atoms with Gasteiger partial charge in [0.25, 0.3) is 0 Å². The smallest absolute Gasteiger partial charge is 0.0723 e. The van der Waals surface area contributed by atoms with Crippen molar-refractivity contribution in [3.05, 3.63) is 43.2 Å². The lowest BCUT2D eigenvalue weighted by Crippen LogP contribution is -3.07. The molecule has 1 aromatic heterocycles. The van der Waals surface area contributed by atoms with Gasteiger partial charge in [0.2, 0.25) is 0 Å². The molecule has 1 N–H and O–H groups in total. The number of nitrogens with one attached hydrogen (secondary N) is 1. The van der Waals surface area contributed by atoms with Crippen LogP contribution in [0.3, 0.4) is 0 Å². The third-order valence-corrected chi connectivity index (χ3v) is 2.44. The predicted octanol–water partition coefficient (Wildman–Crippen LogP) is 0.545. The fourth-order valence-electron chi connectivity index (χ4n) is 1.61. The van der Waals surface area contributed by atoms with Gasteiger partial charge < -0.3 is 4.90 Å². The van der Waals surface area contributed by atoms with Crippen LogP contribution in [0.4, 0.5) is 0 Å². The quantitative estimate of drug-likeness (QED) is 0.615. The number of nitrogens with zero attached hydrogens (tertiary/aromatic N) is 1. The Morgan fingerprint density at radius 3 is 2.69 bits per heavy atom. The second-order valence-corrected chi connectivity index (χ2v) is 3.42. The highest BCUT2D eigenvalue weighted by Gasteiger charge is 2.08. The molecular formula is C11H14N2. The van der Waals surface area contributed by atoms with Gasteiger partial charge in [-0.2, -0.15) is 7.05 Å². The lowest BCUT2D eigenvalue weighted by atomic mass is 10.0. The molecule has 0 saturated heterocycles. The molecule has 0 radical (unpaired) electrons. The molecule has 0 bridgehead atoms. The molecule has 0 saturated carbocycles. The molecule has 1 unspecified atom stereocenters. The van der Waals surface area contributed by atoms with Crippen LogP contribution < -0.4 is 4.90 Å². The van der Waals surface area contributed by atoms with Crippen molar-refractivity contribution < 1.29 is 4.90 Å². The second-order valence-electron chi connectivity index (χ2n) is 3.42. The Bertz CT molecular complexity index is 303. The van der Waals surface area contributed by atoms with Crippen LogP contribution in [0.25, 0.3) is 5.57 Å². The maximum atomic E-state index is 4.01. The SMILES string of the molecule is [CH2-][NH+]1CC=C(c2ccncc2)CC1. The number of rotatable bonds is 1. The fourth-order valence-corrected chi connectivity index (χ4v) is 1.61. The summed E-state index contributed by atoms with van der Waals surface area (Å²) >= 11 is 0. The van der Waals surface area contributed by atoms with Gasteiger partial charge in [-0.3, -0.25) is 4.98 Å². The maximum Gasteiger partial charge on any atom is 0.0723 e. The molecule has 2 rings (SSSR count). The van der Waals surface area contributed by atoms with E-state index in [0.717, 1.165) is 19.5 Å². The largest absolute Gasteiger partial charge is 0.464 e. The minimum absolute atomic E-state index is 1.04. The molecule has 0 aliphatic carbocycles. The average molecular weight is 174 g/mol. The van der Waals surface area contributed by atoms with Crippen LogP contribution in [0.1, 0.15) is 12.0 Å². The van der Waals surface area contributed by atoms with E-state index >= 15 is 0 Å². The van der Waals surface area contributed by atoms with E-state index in [9.17, 15) is 0 Å². The topological polar surface area (TPSA) is 17.3 Å². The summed E-state index contributed by atoms with van der Waals surface area (Å²) in [7, 11) is 3.99. The first kappa shape index (κ1) is 8.45. The van der Waals surface area contributed by atoms with Gasteiger partial charge in [-0.05, 0) is 29.3 Å². The van der Waals surface area contributed by atoms with Gasteiger partial charge in [-0.15, -0.1) is 0 Å². The Labute approximate surface area is 78.9 Å². The van der Waals surface area contributed by atoms with Crippen LogP contribution in [-0.4, -0.2) is 18.1 Å². The first-order chi connectivity index (χ1) is 6.36. The summed E-state index contributed by atoms with van der Waals surface area (Å²) in [5.74, 6) is 0. The summed E-state index contributed by atoms with van der Waals surface area (Å²) in [6, 6.07) is 4.14. The van der Waals surface area contributed by atoms with E-state index in [1.54, 1.807) is 0 Å². The zero-order chi connectivity index (χ0) is 9.10. The van der Waals surface area contributed by atoms with Crippen LogP contribution >= 0.6 is 0 Å². The van der Waals surface area contributed by atoms with E-state index in [0.29, 0.717) is 0 Å². The maximum absolute atomic E-state index is 4.01. The Balaban J connectivity index is 2.19. The van der Waals surface area contributed by atoms with Crippen molar-refractivity contribution >= 4 is 5.57 Å². The molecule has 0 aromatic carbocycles. The van der Waals surface area contributed by atoms with E-state index in [2.05, 4.69) is 30.2 Å². The molecule has 2 heteroatoms. The minimum Gasteiger partial charge on any atom is -0.464 e. The number of pyridine rings is 1. The molecular weight excluding hydrogens is 160 g/mol. The molecule has 1 atom stereocenters. The lowest BCUT2D eigenvalue weighted by molar-refractivity contribution is -0.848. The summed E-state index contributed by atoms with van der Waals surface area (Å²) in [5, 5.41) is 0. The molecule has 0 amide bonds. The van der Waals surface area contributed by atoms with Crippen molar-refractivity contribution in [1.29, 1.82) is 0 Å². The molecule has 1 aliphatic rings. The Morgan fingerprint density at radius 1 is 1.31 bits per heavy atom. The van der Waals surface area contributed by atoms with Crippen molar-refractivity contribution in [3.63, 3.8) is 0 Å². The van der Waals surface area contributed by atoms with Crippen molar-refractivity contribution in [1.82, 2.24) is 4.98 Å². The predicted molar refractivity (Wildman–Crippen MR) is 52.9 cm³/mol. The summed E-state index contributed by atoms with van der Waals surface area (Å²) in [5.41, 5.74) is 2.75. The molecule has 0 fully saturated rings. The van der Waals surface area contributed by atoms with E-state index in [1.165, 1.54) is 16.0 Å². The van der Waals surface area contributed by atoms with Gasteiger partial charge in [-0.1, -0.05) is 0 Å². The monoisotopic (exact) mass is 174 g/mol. The highest BCUT2D eigenvalue weighted by molar-refractivity contribution is 5.65. The molecule has 0 spiro atoms. The third kappa shape index (κ3) is 1.95. The normalized spacial score (nSPS) is 22.5. The number of aromatic nitrogens is 1. The zero-order valence-corrected chi connectivity index (χ0v) is 7.66. The standard InChI is InChI=1S/C11H14N2/c1-13-8-4-11(5-9-13)10-2-6-12-7-3-10/h2-4,6-7,13H,1,5,8-9H2. The summed E-state index contributed by atoms with van der Waals surface area (Å²) in [6.07, 6.45) is 7.10. The van der Waals surface area contributed by atoms with Crippen LogP contribution in [0.15, 0.2) is 30.6 Å². The highest BCUT2D eigenvalue weighted by Crippen LogP contribution is 2.16. The Morgan fingerprint density at radius 2 is 2.08 bits per heavy atom. The van der Waals surface area contributed by atoms with Gasteiger partial charge in [0.1, 0.15) is 0 Å². The minimum atomic E-state index is 1.04. The van der Waals surface area contributed by atoms with Gasteiger partial charge in [0.05, 0.1) is 13.1 Å². The summed E-state index contributed by atoms with van der Waals surface area (Å²) < 4.78 is 0. The Hall–Kier alpha value is -1.15. The van der Waals surface area contributed by atoms with Crippen molar-refractivity contribution in [2.75, 3.05) is 13.1 Å². The van der Waals surface area contributed by atoms with Crippen LogP contribution in [0.5, 0.6) is 0 Å². The lowest BCUT2D eigenvalue weighted by Gasteiger charge is -2.25. The molecule has 1 aromatic rings. The first-order valence-corrected chi connectivity index (χ1v) is 4.62. The van der Waals surface area contributed by atoms with Gasteiger partial charge in [0, 0.05) is 18.8 Å². The van der Waals surface area contributed by atoms with E-state index in [4.69, 9.17) is 0 Å². The van der Waals surface area contributed by atoms with Crippen LogP contribution in [0, 0.1) is 7.05 Å². The number of hydrogen-bond donors (Lipinski definition) is 1. The Kier molecular flexibility index (Phi) is 2.41. The molecule has 2 nitrogen and oxygen atoms in total. The highest BCUT2D eigenvalue weighted by atomic mass is 15.1. The van der Waals surface area contributed by atoms with E-state index < -0.39 is 0 Å². The summed E-state index contributed by atoms with van der Waals surface area (Å²) in [4.78, 5) is 5.36. The van der Waals surface area contributed by atoms with E-state index in [1.807, 2.05) is 12.4 Å². The number of hydrogen-bond acceptors (Lipinski definition) is 1. The van der Waals surface area contributed by atoms with E-state index in [-0.39, 0.29) is 0 Å². The van der Waals surface area contributed by atoms with Crippen molar-refractivity contribution in [2.45, 2.75) is 6.42 Å². The second kappa shape index (κ2) is 3.71. The molecule has 2 heterocycles.